The fraction of sp³-hybridized carbons (Fsp3) is 0.200. The van der Waals surface area contributed by atoms with E-state index in [1.807, 2.05) is 24.3 Å². The Bertz CT molecular complexity index is 557. The van der Waals surface area contributed by atoms with E-state index in [1.165, 1.54) is 0 Å². The maximum atomic E-state index is 13.6. The van der Waals surface area contributed by atoms with Crippen LogP contribution in [0.25, 0.3) is 0 Å². The van der Waals surface area contributed by atoms with Gasteiger partial charge < -0.3 is 5.11 Å². The van der Waals surface area contributed by atoms with Crippen LogP contribution in [-0.4, -0.2) is 5.11 Å². The zero-order valence-corrected chi connectivity index (χ0v) is 11.8. The quantitative estimate of drug-likeness (QED) is 0.877. The molecule has 2 aromatic rings. The molecule has 2 aromatic carbocycles. The maximum Gasteiger partial charge on any atom is 0.129 e. The lowest BCUT2D eigenvalue weighted by atomic mass is 9.97. The molecule has 3 heteroatoms. The largest absolute Gasteiger partial charge is 0.384 e. The average molecular weight is 309 g/mol. The van der Waals surface area contributed by atoms with Gasteiger partial charge in [-0.3, -0.25) is 0 Å². The molecule has 0 radical (unpaired) electrons. The molecule has 0 aliphatic heterocycles. The lowest BCUT2D eigenvalue weighted by molar-refractivity contribution is 0.220. The van der Waals surface area contributed by atoms with Crippen LogP contribution >= 0.6 is 15.9 Å². The van der Waals surface area contributed by atoms with Gasteiger partial charge in [0.05, 0.1) is 0 Å². The molecular weight excluding hydrogens is 295 g/mol. The Labute approximate surface area is 114 Å². The SMILES string of the molecule is Cc1cc(C(O)c2cccc(Br)c2)cc(C)c1F. The van der Waals surface area contributed by atoms with Gasteiger partial charge in [-0.05, 0) is 48.2 Å². The molecule has 94 valence electrons. The normalized spacial score (nSPS) is 12.5. The summed E-state index contributed by atoms with van der Waals surface area (Å²) in [4.78, 5) is 0. The Kier molecular flexibility index (Phi) is 3.83. The minimum atomic E-state index is -0.736. The second kappa shape index (κ2) is 5.21. The standard InChI is InChI=1S/C15H14BrFO/c1-9-6-12(7-10(2)14(9)17)15(18)11-4-3-5-13(16)8-11/h3-8,15,18H,1-2H3. The summed E-state index contributed by atoms with van der Waals surface area (Å²) in [6.45, 7) is 3.42. The Morgan fingerprint density at radius 1 is 1.06 bits per heavy atom. The van der Waals surface area contributed by atoms with Crippen molar-refractivity contribution >= 4 is 15.9 Å². The Balaban J connectivity index is 2.43. The molecule has 2 rings (SSSR count). The van der Waals surface area contributed by atoms with Gasteiger partial charge in [-0.25, -0.2) is 4.39 Å². The van der Waals surface area contributed by atoms with Crippen LogP contribution < -0.4 is 0 Å². The number of aryl methyl sites for hydroxylation is 2. The highest BCUT2D eigenvalue weighted by Crippen LogP contribution is 2.27. The zero-order valence-electron chi connectivity index (χ0n) is 10.2. The lowest BCUT2D eigenvalue weighted by Crippen LogP contribution is -2.02. The minimum absolute atomic E-state index is 0.208. The highest BCUT2D eigenvalue weighted by molar-refractivity contribution is 9.10. The van der Waals surface area contributed by atoms with Gasteiger partial charge in [-0.2, -0.15) is 0 Å². The van der Waals surface area contributed by atoms with Crippen LogP contribution in [0.4, 0.5) is 4.39 Å². The number of hydrogen-bond donors (Lipinski definition) is 1. The van der Waals surface area contributed by atoms with Crippen LogP contribution in [0.1, 0.15) is 28.4 Å². The highest BCUT2D eigenvalue weighted by Gasteiger charge is 2.13. The van der Waals surface area contributed by atoms with Gasteiger partial charge in [0.1, 0.15) is 11.9 Å². The van der Waals surface area contributed by atoms with E-state index < -0.39 is 6.10 Å². The highest BCUT2D eigenvalue weighted by atomic mass is 79.9. The van der Waals surface area contributed by atoms with Crippen LogP contribution in [0.2, 0.25) is 0 Å². The Morgan fingerprint density at radius 3 is 2.22 bits per heavy atom. The first kappa shape index (κ1) is 13.2. The molecule has 0 bridgehead atoms. The molecule has 0 amide bonds. The number of rotatable bonds is 2. The first-order chi connectivity index (χ1) is 8.49. The second-order valence-electron chi connectivity index (χ2n) is 4.43. The molecule has 0 aliphatic rings. The molecule has 1 atom stereocenters. The zero-order chi connectivity index (χ0) is 13.3. The monoisotopic (exact) mass is 308 g/mol. The number of hydrogen-bond acceptors (Lipinski definition) is 1. The van der Waals surface area contributed by atoms with Gasteiger partial charge in [0, 0.05) is 4.47 Å². The second-order valence-corrected chi connectivity index (χ2v) is 5.34. The summed E-state index contributed by atoms with van der Waals surface area (Å²) >= 11 is 3.37. The van der Waals surface area contributed by atoms with Crippen molar-refractivity contribution in [1.82, 2.24) is 0 Å². The summed E-state index contributed by atoms with van der Waals surface area (Å²) in [5, 5.41) is 10.3. The van der Waals surface area contributed by atoms with Gasteiger partial charge in [0.25, 0.3) is 0 Å². The molecule has 18 heavy (non-hydrogen) atoms. The fourth-order valence-electron chi connectivity index (χ4n) is 2.01. The molecule has 1 unspecified atom stereocenters. The number of halogens is 2. The molecular formula is C15H14BrFO. The minimum Gasteiger partial charge on any atom is -0.384 e. The van der Waals surface area contributed by atoms with Crippen LogP contribution in [0.5, 0.6) is 0 Å². The molecule has 0 saturated heterocycles. The smallest absolute Gasteiger partial charge is 0.129 e. The van der Waals surface area contributed by atoms with Crippen molar-refractivity contribution in [3.05, 3.63) is 68.9 Å². The van der Waals surface area contributed by atoms with Crippen molar-refractivity contribution in [1.29, 1.82) is 0 Å². The van der Waals surface area contributed by atoms with Crippen molar-refractivity contribution in [2.24, 2.45) is 0 Å². The molecule has 0 saturated carbocycles. The average Bonchev–Trinajstić information content (AvgIpc) is 2.34. The molecule has 0 heterocycles. The first-order valence-electron chi connectivity index (χ1n) is 5.69. The van der Waals surface area contributed by atoms with Crippen molar-refractivity contribution in [2.45, 2.75) is 20.0 Å². The van der Waals surface area contributed by atoms with Crippen LogP contribution in [-0.2, 0) is 0 Å². The van der Waals surface area contributed by atoms with Crippen LogP contribution in [0.15, 0.2) is 40.9 Å². The topological polar surface area (TPSA) is 20.2 Å². The molecule has 0 fully saturated rings. The lowest BCUT2D eigenvalue weighted by Gasteiger charge is -2.14. The van der Waals surface area contributed by atoms with E-state index in [0.29, 0.717) is 16.7 Å². The Hall–Kier alpha value is -1.19. The Morgan fingerprint density at radius 2 is 1.67 bits per heavy atom. The van der Waals surface area contributed by atoms with E-state index in [-0.39, 0.29) is 5.82 Å². The number of aliphatic hydroxyl groups is 1. The van der Waals surface area contributed by atoms with Crippen molar-refractivity contribution in [2.75, 3.05) is 0 Å². The van der Waals surface area contributed by atoms with E-state index in [9.17, 15) is 9.50 Å². The summed E-state index contributed by atoms with van der Waals surface area (Å²) < 4.78 is 14.5. The molecule has 1 N–H and O–H groups in total. The fourth-order valence-corrected chi connectivity index (χ4v) is 2.42. The van der Waals surface area contributed by atoms with E-state index >= 15 is 0 Å². The van der Waals surface area contributed by atoms with Gasteiger partial charge in [0.2, 0.25) is 0 Å². The molecule has 1 nitrogen and oxygen atoms in total. The van der Waals surface area contributed by atoms with Gasteiger partial charge >= 0.3 is 0 Å². The van der Waals surface area contributed by atoms with Crippen molar-refractivity contribution in [3.8, 4) is 0 Å². The third-order valence-electron chi connectivity index (χ3n) is 2.94. The summed E-state index contributed by atoms with van der Waals surface area (Å²) in [5.74, 6) is -0.208. The van der Waals surface area contributed by atoms with Gasteiger partial charge in [0.15, 0.2) is 0 Å². The third kappa shape index (κ3) is 2.62. The van der Waals surface area contributed by atoms with E-state index in [1.54, 1.807) is 26.0 Å². The van der Waals surface area contributed by atoms with Gasteiger partial charge in [-0.15, -0.1) is 0 Å². The summed E-state index contributed by atoms with van der Waals surface area (Å²) in [6, 6.07) is 10.9. The van der Waals surface area contributed by atoms with Gasteiger partial charge in [-0.1, -0.05) is 40.2 Å². The van der Waals surface area contributed by atoms with E-state index in [0.717, 1.165) is 10.0 Å². The molecule has 0 aliphatic carbocycles. The first-order valence-corrected chi connectivity index (χ1v) is 6.48. The number of benzene rings is 2. The molecule has 0 aromatic heterocycles. The maximum absolute atomic E-state index is 13.6. The predicted octanol–water partition coefficient (Wildman–Crippen LogP) is 4.29. The summed E-state index contributed by atoms with van der Waals surface area (Å²) in [6.07, 6.45) is -0.736. The molecule has 0 spiro atoms. The summed E-state index contributed by atoms with van der Waals surface area (Å²) in [7, 11) is 0. The van der Waals surface area contributed by atoms with Crippen LogP contribution in [0, 0.1) is 19.7 Å². The van der Waals surface area contributed by atoms with E-state index in [2.05, 4.69) is 15.9 Å². The van der Waals surface area contributed by atoms with E-state index in [4.69, 9.17) is 0 Å². The van der Waals surface area contributed by atoms with Crippen molar-refractivity contribution in [3.63, 3.8) is 0 Å². The number of aliphatic hydroxyl groups excluding tert-OH is 1. The summed E-state index contributed by atoms with van der Waals surface area (Å²) in [5.41, 5.74) is 2.61. The third-order valence-corrected chi connectivity index (χ3v) is 3.43. The van der Waals surface area contributed by atoms with Crippen LogP contribution in [0.3, 0.4) is 0 Å². The predicted molar refractivity (Wildman–Crippen MR) is 74.1 cm³/mol. The van der Waals surface area contributed by atoms with Crippen molar-refractivity contribution < 1.29 is 9.50 Å².